The Morgan fingerprint density at radius 2 is 1.60 bits per heavy atom. The largest absolute Gasteiger partial charge is 0.322 e. The summed E-state index contributed by atoms with van der Waals surface area (Å²) in [5.74, 6) is 0.196. The number of sulfonamides is 1. The first-order chi connectivity index (χ1) is 14.2. The number of hydrogen-bond donors (Lipinski definition) is 2. The van der Waals surface area contributed by atoms with Gasteiger partial charge >= 0.3 is 0 Å². The second-order valence-electron chi connectivity index (χ2n) is 9.37. The fraction of sp³-hybridized carbons (Fsp3) is 0.458. The molecule has 2 aliphatic rings. The van der Waals surface area contributed by atoms with Crippen molar-refractivity contribution in [2.24, 2.45) is 22.5 Å². The van der Waals surface area contributed by atoms with Crippen LogP contribution in [-0.2, 0) is 14.8 Å². The van der Waals surface area contributed by atoms with Crippen LogP contribution in [0.15, 0.2) is 60.7 Å². The number of rotatable bonds is 7. The van der Waals surface area contributed by atoms with Gasteiger partial charge in [0.05, 0.1) is 17.8 Å². The second-order valence-corrected chi connectivity index (χ2v) is 11.1. The highest BCUT2D eigenvalue weighted by Gasteiger charge is 2.65. The zero-order valence-electron chi connectivity index (χ0n) is 17.5. The van der Waals surface area contributed by atoms with Gasteiger partial charge in [-0.25, -0.2) is 13.1 Å². The molecule has 0 saturated heterocycles. The summed E-state index contributed by atoms with van der Waals surface area (Å²) in [4.78, 5) is 12.8. The lowest BCUT2D eigenvalue weighted by atomic mass is 9.70. The number of carbonyl (C=O) groups is 1. The van der Waals surface area contributed by atoms with Crippen molar-refractivity contribution in [3.05, 3.63) is 71.8 Å². The van der Waals surface area contributed by atoms with Crippen molar-refractivity contribution < 1.29 is 13.2 Å². The van der Waals surface area contributed by atoms with E-state index in [1.807, 2.05) is 60.7 Å². The quantitative estimate of drug-likeness (QED) is 0.706. The van der Waals surface area contributed by atoms with Gasteiger partial charge in [-0.3, -0.25) is 4.79 Å². The van der Waals surface area contributed by atoms with Crippen LogP contribution in [0.2, 0.25) is 0 Å². The maximum absolute atomic E-state index is 13.4. The Bertz CT molecular complexity index is 1020. The van der Waals surface area contributed by atoms with E-state index >= 15 is 0 Å². The molecule has 4 atom stereocenters. The molecule has 3 N–H and O–H groups in total. The van der Waals surface area contributed by atoms with Crippen LogP contribution in [0.3, 0.4) is 0 Å². The topological polar surface area (TPSA) is 89.3 Å². The first-order valence-corrected chi connectivity index (χ1v) is 12.2. The smallest absolute Gasteiger partial charge is 0.213 e. The van der Waals surface area contributed by atoms with Gasteiger partial charge in [-0.2, -0.15) is 0 Å². The zero-order chi connectivity index (χ0) is 21.6. The van der Waals surface area contributed by atoms with Crippen LogP contribution in [0.1, 0.15) is 56.3 Å². The molecule has 0 spiro atoms. The van der Waals surface area contributed by atoms with Crippen LogP contribution in [-0.4, -0.2) is 20.0 Å². The van der Waals surface area contributed by atoms with Gasteiger partial charge in [0.15, 0.2) is 0 Å². The number of Topliss-reactive ketones (excluding diaryl/α,β-unsaturated/α-hetero) is 1. The van der Waals surface area contributed by atoms with E-state index in [1.54, 1.807) is 0 Å². The minimum Gasteiger partial charge on any atom is -0.322 e. The van der Waals surface area contributed by atoms with E-state index < -0.39 is 27.5 Å². The number of ketones is 1. The molecule has 2 aliphatic carbocycles. The van der Waals surface area contributed by atoms with Crippen molar-refractivity contribution in [3.63, 3.8) is 0 Å². The normalized spacial score (nSPS) is 27.2. The van der Waals surface area contributed by atoms with Crippen molar-refractivity contribution in [2.45, 2.75) is 45.2 Å². The number of nitrogens with two attached hydrogens (primary N) is 1. The molecular formula is C24H30N2O3S. The molecule has 0 aromatic heterocycles. The Morgan fingerprint density at radius 1 is 1.03 bits per heavy atom. The maximum Gasteiger partial charge on any atom is 0.213 e. The van der Waals surface area contributed by atoms with Crippen LogP contribution in [0, 0.1) is 16.7 Å². The Kier molecular flexibility index (Phi) is 5.37. The van der Waals surface area contributed by atoms with Gasteiger partial charge in [0.2, 0.25) is 10.0 Å². The molecule has 6 heteroatoms. The molecule has 0 heterocycles. The lowest BCUT2D eigenvalue weighted by Crippen LogP contribution is -2.47. The summed E-state index contributed by atoms with van der Waals surface area (Å²) < 4.78 is 29.7. The fourth-order valence-electron chi connectivity index (χ4n) is 5.54. The third-order valence-corrected chi connectivity index (χ3v) is 9.07. The summed E-state index contributed by atoms with van der Waals surface area (Å²) in [5, 5.41) is 0. The maximum atomic E-state index is 13.4. The second kappa shape index (κ2) is 7.59. The van der Waals surface area contributed by atoms with Crippen LogP contribution < -0.4 is 10.5 Å². The fourth-order valence-corrected chi connectivity index (χ4v) is 7.62. The molecule has 2 aromatic carbocycles. The molecule has 2 saturated carbocycles. The van der Waals surface area contributed by atoms with E-state index in [1.165, 1.54) is 0 Å². The molecule has 4 rings (SSSR count). The number of hydrogen-bond acceptors (Lipinski definition) is 4. The summed E-state index contributed by atoms with van der Waals surface area (Å²) in [6.07, 6.45) is 2.05. The standard InChI is InChI=1S/C24H30N2O3S/c1-23(2)19-13-14-24(23,20(27)15-19)16-30(28,29)26-22(18-11-7-4-8-12-18)21(25)17-9-5-3-6-10-17/h3-12,19,21-22,26H,13-16,25H2,1-2H3/t19-,21?,22-,24+/m0/s1. The highest BCUT2D eigenvalue weighted by molar-refractivity contribution is 7.89. The van der Waals surface area contributed by atoms with E-state index in [0.29, 0.717) is 12.8 Å². The Morgan fingerprint density at radius 3 is 2.10 bits per heavy atom. The van der Waals surface area contributed by atoms with Crippen LogP contribution in [0.5, 0.6) is 0 Å². The molecule has 2 bridgehead atoms. The summed E-state index contributed by atoms with van der Waals surface area (Å²) >= 11 is 0. The SMILES string of the molecule is CC1(C)[C@H]2CC[C@@]1(CS(=O)(=O)N[C@@H](c1ccccc1)C(N)c1ccccc1)C(=O)C2. The highest BCUT2D eigenvalue weighted by atomic mass is 32.2. The lowest BCUT2D eigenvalue weighted by molar-refractivity contribution is -0.128. The van der Waals surface area contributed by atoms with Crippen LogP contribution in [0.4, 0.5) is 0 Å². The monoisotopic (exact) mass is 426 g/mol. The van der Waals surface area contributed by atoms with Gasteiger partial charge in [-0.15, -0.1) is 0 Å². The van der Waals surface area contributed by atoms with Crippen molar-refractivity contribution in [2.75, 3.05) is 5.75 Å². The summed E-state index contributed by atoms with van der Waals surface area (Å²) in [6.45, 7) is 4.10. The minimum absolute atomic E-state index is 0.0951. The number of benzene rings is 2. The third kappa shape index (κ3) is 3.51. The number of carbonyl (C=O) groups excluding carboxylic acids is 1. The molecule has 5 nitrogen and oxygen atoms in total. The third-order valence-electron chi connectivity index (χ3n) is 7.58. The summed E-state index contributed by atoms with van der Waals surface area (Å²) in [7, 11) is -3.76. The van der Waals surface area contributed by atoms with Gasteiger partial charge in [-0.1, -0.05) is 74.5 Å². The Hall–Kier alpha value is -2.02. The minimum atomic E-state index is -3.76. The molecule has 0 aliphatic heterocycles. The van der Waals surface area contributed by atoms with Gasteiger partial charge in [0.1, 0.15) is 5.78 Å². The van der Waals surface area contributed by atoms with Crippen molar-refractivity contribution in [3.8, 4) is 0 Å². The first kappa shape index (κ1) is 21.2. The first-order valence-electron chi connectivity index (χ1n) is 10.6. The van der Waals surface area contributed by atoms with E-state index in [9.17, 15) is 13.2 Å². The molecule has 0 radical (unpaired) electrons. The number of fused-ring (bicyclic) bond motifs is 2. The van der Waals surface area contributed by atoms with Gasteiger partial charge < -0.3 is 5.73 Å². The average molecular weight is 427 g/mol. The van der Waals surface area contributed by atoms with Crippen molar-refractivity contribution in [1.82, 2.24) is 4.72 Å². The summed E-state index contributed by atoms with van der Waals surface area (Å²) in [5.41, 5.74) is 7.09. The van der Waals surface area contributed by atoms with Crippen LogP contribution in [0.25, 0.3) is 0 Å². The summed E-state index contributed by atoms with van der Waals surface area (Å²) in [6, 6.07) is 17.7. The Balaban J connectivity index is 1.65. The predicted octanol–water partition coefficient (Wildman–Crippen LogP) is 3.74. The van der Waals surface area contributed by atoms with Crippen molar-refractivity contribution in [1.29, 1.82) is 0 Å². The molecule has 2 fully saturated rings. The lowest BCUT2D eigenvalue weighted by Gasteiger charge is -2.37. The Labute approximate surface area is 179 Å². The van der Waals surface area contributed by atoms with E-state index in [4.69, 9.17) is 5.73 Å². The van der Waals surface area contributed by atoms with E-state index in [-0.39, 0.29) is 22.9 Å². The average Bonchev–Trinajstić information content (AvgIpc) is 3.07. The molecule has 2 aromatic rings. The number of nitrogens with one attached hydrogen (secondary N) is 1. The van der Waals surface area contributed by atoms with Crippen molar-refractivity contribution >= 4 is 15.8 Å². The molecule has 160 valence electrons. The van der Waals surface area contributed by atoms with Gasteiger partial charge in [-0.05, 0) is 35.3 Å². The molecule has 1 unspecified atom stereocenters. The molecular weight excluding hydrogens is 396 g/mol. The van der Waals surface area contributed by atoms with E-state index in [2.05, 4.69) is 18.6 Å². The zero-order valence-corrected chi connectivity index (χ0v) is 18.4. The van der Waals surface area contributed by atoms with E-state index in [0.717, 1.165) is 17.5 Å². The predicted molar refractivity (Wildman–Crippen MR) is 118 cm³/mol. The highest BCUT2D eigenvalue weighted by Crippen LogP contribution is 2.64. The van der Waals surface area contributed by atoms with Gasteiger partial charge in [0.25, 0.3) is 0 Å². The molecule has 30 heavy (non-hydrogen) atoms. The van der Waals surface area contributed by atoms with Crippen LogP contribution >= 0.6 is 0 Å². The molecule has 0 amide bonds. The van der Waals surface area contributed by atoms with Gasteiger partial charge in [0, 0.05) is 11.8 Å².